The van der Waals surface area contributed by atoms with Crippen LogP contribution < -0.4 is 5.32 Å². The minimum absolute atomic E-state index is 0.507. The molecule has 13 heavy (non-hydrogen) atoms. The maximum Gasteiger partial charge on any atom is 0.117 e. The third-order valence-corrected chi connectivity index (χ3v) is 3.13. The average molecular weight is 188 g/mol. The van der Waals surface area contributed by atoms with Gasteiger partial charge in [-0.05, 0) is 12.8 Å². The standard InChI is InChI=1S/C9H17FN2O/c10-3-9(13)6-12-7-1-2-8(12)5-11-4-7/h7-9,11,13H,1-6H2/t7-,8+,9?. The Kier molecular flexibility index (Phi) is 2.81. The van der Waals surface area contributed by atoms with Crippen molar-refractivity contribution in [1.82, 2.24) is 10.2 Å². The second kappa shape index (κ2) is 3.90. The number of piperazine rings is 1. The highest BCUT2D eigenvalue weighted by Crippen LogP contribution is 2.26. The van der Waals surface area contributed by atoms with Crippen molar-refractivity contribution in [2.75, 3.05) is 26.3 Å². The minimum atomic E-state index is -0.791. The number of nitrogens with zero attached hydrogens (tertiary/aromatic N) is 1. The van der Waals surface area contributed by atoms with Gasteiger partial charge in [0.05, 0.1) is 6.10 Å². The van der Waals surface area contributed by atoms with Crippen molar-refractivity contribution in [3.8, 4) is 0 Å². The first-order valence-electron chi connectivity index (χ1n) is 5.01. The Balaban J connectivity index is 1.91. The van der Waals surface area contributed by atoms with E-state index in [4.69, 9.17) is 0 Å². The molecule has 3 atom stereocenters. The van der Waals surface area contributed by atoms with Crippen LogP contribution >= 0.6 is 0 Å². The van der Waals surface area contributed by atoms with Crippen LogP contribution in [0.3, 0.4) is 0 Å². The molecule has 2 bridgehead atoms. The van der Waals surface area contributed by atoms with Crippen molar-refractivity contribution in [3.63, 3.8) is 0 Å². The summed E-state index contributed by atoms with van der Waals surface area (Å²) < 4.78 is 12.1. The van der Waals surface area contributed by atoms with E-state index < -0.39 is 12.8 Å². The van der Waals surface area contributed by atoms with E-state index in [1.54, 1.807) is 0 Å². The minimum Gasteiger partial charge on any atom is -0.389 e. The number of aliphatic hydroxyl groups is 1. The normalized spacial score (nSPS) is 36.5. The van der Waals surface area contributed by atoms with E-state index in [2.05, 4.69) is 10.2 Å². The Morgan fingerprint density at radius 3 is 2.54 bits per heavy atom. The van der Waals surface area contributed by atoms with Gasteiger partial charge in [0.15, 0.2) is 0 Å². The third-order valence-electron chi connectivity index (χ3n) is 3.13. The van der Waals surface area contributed by atoms with Crippen molar-refractivity contribution in [1.29, 1.82) is 0 Å². The van der Waals surface area contributed by atoms with Crippen molar-refractivity contribution in [2.45, 2.75) is 31.0 Å². The lowest BCUT2D eigenvalue weighted by Crippen LogP contribution is -2.54. The van der Waals surface area contributed by atoms with Crippen molar-refractivity contribution >= 4 is 0 Å². The van der Waals surface area contributed by atoms with Crippen LogP contribution in [0.4, 0.5) is 4.39 Å². The van der Waals surface area contributed by atoms with Gasteiger partial charge in [-0.2, -0.15) is 0 Å². The molecule has 0 radical (unpaired) electrons. The molecule has 0 aromatic heterocycles. The number of aliphatic hydroxyl groups excluding tert-OH is 1. The quantitative estimate of drug-likeness (QED) is 0.641. The van der Waals surface area contributed by atoms with Crippen molar-refractivity contribution in [3.05, 3.63) is 0 Å². The van der Waals surface area contributed by atoms with Gasteiger partial charge in [0.1, 0.15) is 6.67 Å². The van der Waals surface area contributed by atoms with Gasteiger partial charge in [-0.15, -0.1) is 0 Å². The van der Waals surface area contributed by atoms with E-state index in [9.17, 15) is 9.50 Å². The van der Waals surface area contributed by atoms with Gasteiger partial charge < -0.3 is 10.4 Å². The molecular weight excluding hydrogens is 171 g/mol. The maximum atomic E-state index is 12.1. The molecule has 0 saturated carbocycles. The average Bonchev–Trinajstić information content (AvgIpc) is 2.41. The molecular formula is C9H17FN2O. The Labute approximate surface area is 77.9 Å². The summed E-state index contributed by atoms with van der Waals surface area (Å²) in [6.45, 7) is 1.88. The fourth-order valence-electron chi connectivity index (χ4n) is 2.46. The number of rotatable bonds is 3. The molecule has 4 heteroatoms. The first-order chi connectivity index (χ1) is 6.31. The molecule has 2 aliphatic rings. The zero-order valence-electron chi connectivity index (χ0n) is 7.75. The molecule has 2 rings (SSSR count). The number of halogens is 1. The first kappa shape index (κ1) is 9.37. The fraction of sp³-hybridized carbons (Fsp3) is 1.00. The van der Waals surface area contributed by atoms with Gasteiger partial charge in [0, 0.05) is 31.7 Å². The number of alkyl halides is 1. The SMILES string of the molecule is OC(CF)CN1[C@@H]2CC[C@H]1CNC2. The zero-order chi connectivity index (χ0) is 9.26. The fourth-order valence-corrected chi connectivity index (χ4v) is 2.46. The summed E-state index contributed by atoms with van der Waals surface area (Å²) in [6, 6.07) is 1.06. The smallest absolute Gasteiger partial charge is 0.117 e. The Hall–Kier alpha value is -0.190. The van der Waals surface area contributed by atoms with Crippen LogP contribution in [0.2, 0.25) is 0 Å². The highest BCUT2D eigenvalue weighted by molar-refractivity contribution is 4.94. The van der Waals surface area contributed by atoms with Crippen molar-refractivity contribution < 1.29 is 9.50 Å². The van der Waals surface area contributed by atoms with E-state index in [1.807, 2.05) is 0 Å². The van der Waals surface area contributed by atoms with Crippen LogP contribution in [0, 0.1) is 0 Å². The van der Waals surface area contributed by atoms with Crippen LogP contribution in [-0.2, 0) is 0 Å². The van der Waals surface area contributed by atoms with Crippen LogP contribution in [0.5, 0.6) is 0 Å². The summed E-state index contributed by atoms with van der Waals surface area (Å²) in [6.07, 6.45) is 1.59. The third kappa shape index (κ3) is 1.85. The molecule has 0 spiro atoms. The molecule has 0 aromatic carbocycles. The van der Waals surface area contributed by atoms with Gasteiger partial charge in [-0.25, -0.2) is 4.39 Å². The summed E-state index contributed by atoms with van der Waals surface area (Å²) in [5, 5.41) is 12.6. The lowest BCUT2D eigenvalue weighted by atomic mass is 10.2. The Morgan fingerprint density at radius 1 is 1.38 bits per heavy atom. The van der Waals surface area contributed by atoms with Gasteiger partial charge in [-0.1, -0.05) is 0 Å². The molecule has 1 unspecified atom stereocenters. The van der Waals surface area contributed by atoms with Gasteiger partial charge in [0.2, 0.25) is 0 Å². The van der Waals surface area contributed by atoms with Crippen LogP contribution in [0.25, 0.3) is 0 Å². The number of hydrogen-bond acceptors (Lipinski definition) is 3. The van der Waals surface area contributed by atoms with Gasteiger partial charge in [0.25, 0.3) is 0 Å². The number of nitrogens with one attached hydrogen (secondary N) is 1. The molecule has 3 nitrogen and oxygen atoms in total. The summed E-state index contributed by atoms with van der Waals surface area (Å²) in [7, 11) is 0. The maximum absolute atomic E-state index is 12.1. The predicted molar refractivity (Wildman–Crippen MR) is 48.4 cm³/mol. The molecule has 2 aliphatic heterocycles. The molecule has 2 fully saturated rings. The summed E-state index contributed by atoms with van der Waals surface area (Å²) in [5.74, 6) is 0. The number of hydrogen-bond donors (Lipinski definition) is 2. The molecule has 0 aliphatic carbocycles. The van der Waals surface area contributed by atoms with Crippen LogP contribution in [-0.4, -0.2) is 54.5 Å². The lowest BCUT2D eigenvalue weighted by molar-refractivity contribution is 0.0548. The molecule has 2 N–H and O–H groups in total. The highest BCUT2D eigenvalue weighted by Gasteiger charge is 2.36. The lowest BCUT2D eigenvalue weighted by Gasteiger charge is -2.36. The van der Waals surface area contributed by atoms with E-state index in [0.717, 1.165) is 13.1 Å². The molecule has 0 amide bonds. The van der Waals surface area contributed by atoms with E-state index >= 15 is 0 Å². The van der Waals surface area contributed by atoms with Crippen LogP contribution in [0.15, 0.2) is 0 Å². The monoisotopic (exact) mass is 188 g/mol. The molecule has 2 heterocycles. The summed E-state index contributed by atoms with van der Waals surface area (Å²) >= 11 is 0. The highest BCUT2D eigenvalue weighted by atomic mass is 19.1. The summed E-state index contributed by atoms with van der Waals surface area (Å²) in [5.41, 5.74) is 0. The Bertz CT molecular complexity index is 163. The van der Waals surface area contributed by atoms with Crippen LogP contribution in [0.1, 0.15) is 12.8 Å². The predicted octanol–water partition coefficient (Wildman–Crippen LogP) is -0.247. The zero-order valence-corrected chi connectivity index (χ0v) is 7.75. The van der Waals surface area contributed by atoms with E-state index in [-0.39, 0.29) is 0 Å². The van der Waals surface area contributed by atoms with Gasteiger partial charge in [-0.3, -0.25) is 4.90 Å². The molecule has 2 saturated heterocycles. The molecule has 76 valence electrons. The summed E-state index contributed by atoms with van der Waals surface area (Å²) in [4.78, 5) is 2.26. The van der Waals surface area contributed by atoms with Gasteiger partial charge >= 0.3 is 0 Å². The largest absolute Gasteiger partial charge is 0.389 e. The Morgan fingerprint density at radius 2 is 2.00 bits per heavy atom. The second-order valence-electron chi connectivity index (χ2n) is 4.05. The van der Waals surface area contributed by atoms with Crippen molar-refractivity contribution in [2.24, 2.45) is 0 Å². The number of fused-ring (bicyclic) bond motifs is 2. The topological polar surface area (TPSA) is 35.5 Å². The molecule has 0 aromatic rings. The van der Waals surface area contributed by atoms with E-state index in [1.165, 1.54) is 12.8 Å². The van der Waals surface area contributed by atoms with E-state index in [0.29, 0.717) is 18.6 Å². The second-order valence-corrected chi connectivity index (χ2v) is 4.05. The first-order valence-corrected chi connectivity index (χ1v) is 5.01.